The van der Waals surface area contributed by atoms with Gasteiger partial charge in [-0.3, -0.25) is 4.79 Å². The summed E-state index contributed by atoms with van der Waals surface area (Å²) >= 11 is 3.65. The van der Waals surface area contributed by atoms with Crippen LogP contribution in [0, 0.1) is 5.92 Å². The van der Waals surface area contributed by atoms with Crippen molar-refractivity contribution in [3.63, 3.8) is 0 Å². The van der Waals surface area contributed by atoms with Gasteiger partial charge in [-0.05, 0) is 42.4 Å². The van der Waals surface area contributed by atoms with Crippen molar-refractivity contribution in [2.75, 3.05) is 5.75 Å². The molecule has 1 fully saturated rings. The van der Waals surface area contributed by atoms with Crippen LogP contribution < -0.4 is 0 Å². The van der Waals surface area contributed by atoms with Crippen LogP contribution in [0.5, 0.6) is 0 Å². The number of thioether (sulfide) groups is 1. The van der Waals surface area contributed by atoms with Crippen LogP contribution in [0.2, 0.25) is 0 Å². The van der Waals surface area contributed by atoms with Crippen molar-refractivity contribution in [3.05, 3.63) is 22.4 Å². The first kappa shape index (κ1) is 14.1. The van der Waals surface area contributed by atoms with Crippen molar-refractivity contribution in [2.24, 2.45) is 5.92 Å². The number of Topliss-reactive ketones (excluding diaryl/α,β-unsaturated/α-hetero) is 1. The van der Waals surface area contributed by atoms with E-state index in [0.29, 0.717) is 5.78 Å². The summed E-state index contributed by atoms with van der Waals surface area (Å²) in [6.45, 7) is 2.37. The molecule has 0 bridgehead atoms. The van der Waals surface area contributed by atoms with E-state index in [-0.39, 0.29) is 0 Å². The standard InChI is InChI=1S/C15H22OS2/c1-12-5-2-6-13(11-12)17-9-3-7-14(16)15-8-4-10-18-15/h4,8,10,12-13H,2-3,5-7,9,11H2,1H3. The highest BCUT2D eigenvalue weighted by Gasteiger charge is 2.18. The van der Waals surface area contributed by atoms with Crippen LogP contribution in [0.1, 0.15) is 55.1 Å². The predicted molar refractivity (Wildman–Crippen MR) is 81.8 cm³/mol. The van der Waals surface area contributed by atoms with E-state index in [9.17, 15) is 4.79 Å². The van der Waals surface area contributed by atoms with Crippen LogP contribution in [-0.4, -0.2) is 16.8 Å². The van der Waals surface area contributed by atoms with E-state index < -0.39 is 0 Å². The summed E-state index contributed by atoms with van der Waals surface area (Å²) in [5, 5.41) is 2.83. The summed E-state index contributed by atoms with van der Waals surface area (Å²) < 4.78 is 0. The SMILES string of the molecule is CC1CCCC(SCCCC(=O)c2cccs2)C1. The van der Waals surface area contributed by atoms with Crippen molar-refractivity contribution >= 4 is 28.9 Å². The first-order valence-electron chi connectivity index (χ1n) is 6.94. The zero-order chi connectivity index (χ0) is 12.8. The molecule has 2 unspecified atom stereocenters. The van der Waals surface area contributed by atoms with Crippen LogP contribution in [-0.2, 0) is 0 Å². The molecule has 1 aromatic heterocycles. The third-order valence-corrected chi connectivity index (χ3v) is 5.92. The van der Waals surface area contributed by atoms with E-state index in [1.165, 1.54) is 25.7 Å². The first-order valence-corrected chi connectivity index (χ1v) is 8.87. The Hall–Kier alpha value is -0.280. The van der Waals surface area contributed by atoms with Crippen LogP contribution in [0.25, 0.3) is 0 Å². The lowest BCUT2D eigenvalue weighted by molar-refractivity contribution is 0.0986. The van der Waals surface area contributed by atoms with Crippen molar-refractivity contribution in [3.8, 4) is 0 Å². The molecule has 0 aliphatic heterocycles. The Morgan fingerprint density at radius 2 is 2.39 bits per heavy atom. The molecule has 0 radical (unpaired) electrons. The van der Waals surface area contributed by atoms with E-state index in [1.807, 2.05) is 17.5 Å². The summed E-state index contributed by atoms with van der Waals surface area (Å²) in [4.78, 5) is 12.7. The van der Waals surface area contributed by atoms with Crippen molar-refractivity contribution in [1.29, 1.82) is 0 Å². The van der Waals surface area contributed by atoms with Gasteiger partial charge in [0.2, 0.25) is 0 Å². The van der Waals surface area contributed by atoms with Crippen LogP contribution in [0.4, 0.5) is 0 Å². The number of ketones is 1. The van der Waals surface area contributed by atoms with E-state index in [1.54, 1.807) is 11.3 Å². The Bertz CT molecular complexity index is 359. The Morgan fingerprint density at radius 3 is 3.11 bits per heavy atom. The molecule has 2 rings (SSSR count). The topological polar surface area (TPSA) is 17.1 Å². The lowest BCUT2D eigenvalue weighted by atomic mass is 9.91. The number of hydrogen-bond acceptors (Lipinski definition) is 3. The highest BCUT2D eigenvalue weighted by molar-refractivity contribution is 7.99. The monoisotopic (exact) mass is 282 g/mol. The quantitative estimate of drug-likeness (QED) is 0.538. The number of thiophene rings is 1. The van der Waals surface area contributed by atoms with E-state index in [2.05, 4.69) is 18.7 Å². The van der Waals surface area contributed by atoms with Gasteiger partial charge in [-0.15, -0.1) is 11.3 Å². The Morgan fingerprint density at radius 1 is 1.50 bits per heavy atom. The average molecular weight is 282 g/mol. The third kappa shape index (κ3) is 4.43. The summed E-state index contributed by atoms with van der Waals surface area (Å²) in [6.07, 6.45) is 7.32. The molecule has 1 aromatic rings. The zero-order valence-corrected chi connectivity index (χ0v) is 12.7. The second kappa shape index (κ2) is 7.34. The van der Waals surface area contributed by atoms with Crippen molar-refractivity contribution in [1.82, 2.24) is 0 Å². The highest BCUT2D eigenvalue weighted by atomic mass is 32.2. The predicted octanol–water partition coefficient (Wildman–Crippen LogP) is 5.02. The van der Waals surface area contributed by atoms with Gasteiger partial charge in [0.25, 0.3) is 0 Å². The molecule has 0 N–H and O–H groups in total. The number of rotatable bonds is 6. The average Bonchev–Trinajstić information content (AvgIpc) is 2.88. The Balaban J connectivity index is 1.60. The summed E-state index contributed by atoms with van der Waals surface area (Å²) in [5.41, 5.74) is 0. The lowest BCUT2D eigenvalue weighted by Crippen LogP contribution is -2.15. The number of hydrogen-bond donors (Lipinski definition) is 0. The minimum atomic E-state index is 0.322. The van der Waals surface area contributed by atoms with Gasteiger partial charge in [0.15, 0.2) is 5.78 Å². The minimum absolute atomic E-state index is 0.322. The van der Waals surface area contributed by atoms with Crippen LogP contribution in [0.3, 0.4) is 0 Å². The minimum Gasteiger partial charge on any atom is -0.293 e. The lowest BCUT2D eigenvalue weighted by Gasteiger charge is -2.26. The molecule has 100 valence electrons. The Labute approximate surface area is 118 Å². The van der Waals surface area contributed by atoms with Gasteiger partial charge in [-0.25, -0.2) is 0 Å². The second-order valence-corrected chi connectivity index (χ2v) is 7.62. The van der Waals surface area contributed by atoms with Crippen LogP contribution in [0.15, 0.2) is 17.5 Å². The molecule has 0 spiro atoms. The fourth-order valence-corrected chi connectivity index (χ4v) is 4.71. The van der Waals surface area contributed by atoms with E-state index >= 15 is 0 Å². The van der Waals surface area contributed by atoms with Gasteiger partial charge in [-0.1, -0.05) is 25.8 Å². The fraction of sp³-hybridized carbons (Fsp3) is 0.667. The molecule has 3 heteroatoms. The van der Waals surface area contributed by atoms with Crippen LogP contribution >= 0.6 is 23.1 Å². The maximum Gasteiger partial charge on any atom is 0.172 e. The molecule has 1 aliphatic rings. The number of carbonyl (C=O) groups is 1. The molecule has 0 aromatic carbocycles. The van der Waals surface area contributed by atoms with Gasteiger partial charge >= 0.3 is 0 Å². The molecule has 1 aliphatic carbocycles. The molecule has 1 heterocycles. The molecule has 0 amide bonds. The van der Waals surface area contributed by atoms with Gasteiger partial charge in [0.05, 0.1) is 4.88 Å². The van der Waals surface area contributed by atoms with E-state index in [0.717, 1.165) is 34.6 Å². The third-order valence-electron chi connectivity index (χ3n) is 3.59. The van der Waals surface area contributed by atoms with Gasteiger partial charge < -0.3 is 0 Å². The molecular formula is C15H22OS2. The van der Waals surface area contributed by atoms with Gasteiger partial charge in [0.1, 0.15) is 0 Å². The highest BCUT2D eigenvalue weighted by Crippen LogP contribution is 2.32. The first-order chi connectivity index (χ1) is 8.75. The normalized spacial score (nSPS) is 24.1. The molecule has 0 saturated heterocycles. The van der Waals surface area contributed by atoms with E-state index in [4.69, 9.17) is 0 Å². The summed E-state index contributed by atoms with van der Waals surface area (Å²) in [5.74, 6) is 2.38. The molecule has 2 atom stereocenters. The summed E-state index contributed by atoms with van der Waals surface area (Å²) in [7, 11) is 0. The molecule has 1 saturated carbocycles. The fourth-order valence-electron chi connectivity index (χ4n) is 2.57. The smallest absolute Gasteiger partial charge is 0.172 e. The number of carbonyl (C=O) groups excluding carboxylic acids is 1. The summed E-state index contributed by atoms with van der Waals surface area (Å²) in [6, 6.07) is 3.89. The van der Waals surface area contributed by atoms with Gasteiger partial charge in [0, 0.05) is 11.7 Å². The Kier molecular flexibility index (Phi) is 5.77. The second-order valence-electron chi connectivity index (χ2n) is 5.27. The maximum atomic E-state index is 11.8. The maximum absolute atomic E-state index is 11.8. The van der Waals surface area contributed by atoms with Crippen molar-refractivity contribution < 1.29 is 4.79 Å². The van der Waals surface area contributed by atoms with Gasteiger partial charge in [-0.2, -0.15) is 11.8 Å². The zero-order valence-electron chi connectivity index (χ0n) is 11.1. The van der Waals surface area contributed by atoms with Crippen molar-refractivity contribution in [2.45, 2.75) is 50.7 Å². The molecule has 1 nitrogen and oxygen atoms in total. The molecule has 18 heavy (non-hydrogen) atoms. The molecular weight excluding hydrogens is 260 g/mol. The largest absolute Gasteiger partial charge is 0.293 e.